The number of carbonyl (C=O) groups is 3. The van der Waals surface area contributed by atoms with Gasteiger partial charge >= 0.3 is 11.8 Å². The topological polar surface area (TPSA) is 102 Å². The van der Waals surface area contributed by atoms with Crippen molar-refractivity contribution in [2.75, 3.05) is 18.9 Å². The van der Waals surface area contributed by atoms with E-state index in [9.17, 15) is 14.4 Å². The lowest BCUT2D eigenvalue weighted by molar-refractivity contribution is -0.145. The smallest absolute Gasteiger partial charge is 0.312 e. The molecule has 0 spiro atoms. The van der Waals surface area contributed by atoms with Crippen molar-refractivity contribution in [2.45, 2.75) is 26.3 Å². The molecule has 1 aromatic carbocycles. The third-order valence-electron chi connectivity index (χ3n) is 3.54. The fraction of sp³-hybridized carbons (Fsp3) is 0.412. The number of nitrogens with one attached hydrogen (secondary N) is 2. The zero-order chi connectivity index (χ0) is 18.1. The van der Waals surface area contributed by atoms with E-state index >= 15 is 0 Å². The number of para-hydroxylation sites is 1. The Balaban J connectivity index is 0.00000139. The van der Waals surface area contributed by atoms with E-state index < -0.39 is 23.8 Å². The molecule has 1 saturated heterocycles. The predicted octanol–water partition coefficient (Wildman–Crippen LogP) is 1.14. The Hall–Kier alpha value is -2.88. The quantitative estimate of drug-likeness (QED) is 0.794. The van der Waals surface area contributed by atoms with Gasteiger partial charge in [0.05, 0.1) is 12.0 Å². The second-order valence-corrected chi connectivity index (χ2v) is 4.97. The Bertz CT molecular complexity index is 624. The Morgan fingerprint density at radius 2 is 1.83 bits per heavy atom. The van der Waals surface area contributed by atoms with Crippen molar-refractivity contribution in [3.8, 4) is 6.07 Å². The summed E-state index contributed by atoms with van der Waals surface area (Å²) in [5.41, 5.74) is 0.650. The molecule has 0 bridgehead atoms. The molecule has 0 radical (unpaired) electrons. The van der Waals surface area contributed by atoms with Crippen molar-refractivity contribution >= 4 is 23.4 Å². The summed E-state index contributed by atoms with van der Waals surface area (Å²) in [5, 5.41) is 14.1. The van der Waals surface area contributed by atoms with Gasteiger partial charge in [0.25, 0.3) is 0 Å². The number of carbonyl (C=O) groups excluding carboxylic acids is 3. The van der Waals surface area contributed by atoms with Gasteiger partial charge in [0, 0.05) is 19.3 Å². The fourth-order valence-electron chi connectivity index (χ4n) is 2.38. The molecule has 1 heterocycles. The van der Waals surface area contributed by atoms with Crippen molar-refractivity contribution in [2.24, 2.45) is 5.92 Å². The monoisotopic (exact) mass is 330 g/mol. The predicted molar refractivity (Wildman–Crippen MR) is 89.7 cm³/mol. The summed E-state index contributed by atoms with van der Waals surface area (Å²) in [6.45, 7) is 4.06. The number of likely N-dealkylation sites (N-methyl/N-ethyl adjacent to an activating group) is 1. The highest BCUT2D eigenvalue weighted by atomic mass is 16.2. The number of anilines is 1. The summed E-state index contributed by atoms with van der Waals surface area (Å²) >= 11 is 0. The van der Waals surface area contributed by atoms with Crippen LogP contribution in [0.3, 0.4) is 0 Å². The van der Waals surface area contributed by atoms with Crippen molar-refractivity contribution in [1.82, 2.24) is 10.2 Å². The summed E-state index contributed by atoms with van der Waals surface area (Å²) < 4.78 is 0. The van der Waals surface area contributed by atoms with Crippen LogP contribution in [0.25, 0.3) is 0 Å². The summed E-state index contributed by atoms with van der Waals surface area (Å²) in [4.78, 5) is 36.7. The normalized spacial score (nSPS) is 18.7. The van der Waals surface area contributed by atoms with Crippen LogP contribution in [0.1, 0.15) is 20.3 Å². The van der Waals surface area contributed by atoms with E-state index in [-0.39, 0.29) is 18.9 Å². The van der Waals surface area contributed by atoms with Crippen LogP contribution < -0.4 is 10.6 Å². The van der Waals surface area contributed by atoms with Gasteiger partial charge in [0.1, 0.15) is 6.04 Å². The molecule has 0 aliphatic carbocycles. The second-order valence-electron chi connectivity index (χ2n) is 4.97. The van der Waals surface area contributed by atoms with Crippen molar-refractivity contribution in [3.05, 3.63) is 30.3 Å². The first-order chi connectivity index (χ1) is 11.6. The summed E-state index contributed by atoms with van der Waals surface area (Å²) in [6.07, 6.45) is 0.220. The number of benzene rings is 1. The molecular weight excluding hydrogens is 308 g/mol. The molecule has 0 saturated carbocycles. The molecule has 1 fully saturated rings. The molecule has 1 aliphatic rings. The molecule has 128 valence electrons. The van der Waals surface area contributed by atoms with Crippen molar-refractivity contribution in [1.29, 1.82) is 5.26 Å². The number of hydrogen-bond donors (Lipinski definition) is 2. The molecule has 3 amide bonds. The number of nitrogens with zero attached hydrogens (tertiary/aromatic N) is 2. The molecule has 2 atom stereocenters. The fourth-order valence-corrected chi connectivity index (χ4v) is 2.38. The molecular formula is C17H22N4O3. The average Bonchev–Trinajstić information content (AvgIpc) is 3.07. The number of amides is 3. The van der Waals surface area contributed by atoms with Crippen LogP contribution in [-0.4, -0.2) is 42.3 Å². The standard InChI is InChI=1S/C15H16N4O3.C2H6/c1-17-14(21)15(22)19-9-10(7-12(19)8-16)13(20)18-11-5-3-2-4-6-11;1-2/h2-6,10,12H,7,9H2,1H3,(H,17,21)(H,18,20);1-2H3. The number of rotatable bonds is 2. The van der Waals surface area contributed by atoms with Gasteiger partial charge in [-0.05, 0) is 18.6 Å². The van der Waals surface area contributed by atoms with Crippen LogP contribution in [0, 0.1) is 17.2 Å². The molecule has 24 heavy (non-hydrogen) atoms. The minimum atomic E-state index is -0.788. The maximum absolute atomic E-state index is 12.2. The van der Waals surface area contributed by atoms with Gasteiger partial charge in [-0.3, -0.25) is 14.4 Å². The SMILES string of the molecule is CC.CNC(=O)C(=O)N1CC(C(=O)Nc2ccccc2)CC1C#N. The summed E-state index contributed by atoms with van der Waals surface area (Å²) in [6, 6.07) is 10.1. The molecule has 2 rings (SSSR count). The Kier molecular flexibility index (Phi) is 7.43. The van der Waals surface area contributed by atoms with Gasteiger partial charge in [-0.15, -0.1) is 0 Å². The third-order valence-corrected chi connectivity index (χ3v) is 3.54. The van der Waals surface area contributed by atoms with E-state index in [4.69, 9.17) is 5.26 Å². The number of likely N-dealkylation sites (tertiary alicyclic amines) is 1. The van der Waals surface area contributed by atoms with E-state index in [2.05, 4.69) is 10.6 Å². The summed E-state index contributed by atoms with van der Waals surface area (Å²) in [5.74, 6) is -2.36. The van der Waals surface area contributed by atoms with Gasteiger partial charge < -0.3 is 15.5 Å². The van der Waals surface area contributed by atoms with E-state index in [0.29, 0.717) is 5.69 Å². The van der Waals surface area contributed by atoms with Crippen LogP contribution in [-0.2, 0) is 14.4 Å². The highest BCUT2D eigenvalue weighted by Crippen LogP contribution is 2.24. The van der Waals surface area contributed by atoms with Crippen molar-refractivity contribution in [3.63, 3.8) is 0 Å². The van der Waals surface area contributed by atoms with E-state index in [1.165, 1.54) is 7.05 Å². The number of nitriles is 1. The maximum Gasteiger partial charge on any atom is 0.312 e. The van der Waals surface area contributed by atoms with E-state index in [1.54, 1.807) is 24.3 Å². The Labute approximate surface area is 141 Å². The average molecular weight is 330 g/mol. The Morgan fingerprint density at radius 1 is 1.21 bits per heavy atom. The summed E-state index contributed by atoms with van der Waals surface area (Å²) in [7, 11) is 1.34. The van der Waals surface area contributed by atoms with Gasteiger partial charge in [0.15, 0.2) is 0 Å². The van der Waals surface area contributed by atoms with E-state index in [1.807, 2.05) is 26.0 Å². The van der Waals surface area contributed by atoms with Gasteiger partial charge in [-0.2, -0.15) is 5.26 Å². The molecule has 7 heteroatoms. The highest BCUT2D eigenvalue weighted by Gasteiger charge is 2.40. The molecule has 7 nitrogen and oxygen atoms in total. The molecule has 1 aromatic rings. The van der Waals surface area contributed by atoms with Crippen LogP contribution in [0.2, 0.25) is 0 Å². The second kappa shape index (κ2) is 9.30. The Morgan fingerprint density at radius 3 is 2.38 bits per heavy atom. The van der Waals surface area contributed by atoms with Crippen LogP contribution >= 0.6 is 0 Å². The third kappa shape index (κ3) is 4.56. The molecule has 0 aromatic heterocycles. The minimum absolute atomic E-state index is 0.0587. The van der Waals surface area contributed by atoms with Crippen LogP contribution in [0.5, 0.6) is 0 Å². The zero-order valence-electron chi connectivity index (χ0n) is 14.1. The minimum Gasteiger partial charge on any atom is -0.351 e. The first kappa shape index (κ1) is 19.2. The lowest BCUT2D eigenvalue weighted by Gasteiger charge is -2.18. The van der Waals surface area contributed by atoms with Crippen LogP contribution in [0.15, 0.2) is 30.3 Å². The first-order valence-electron chi connectivity index (χ1n) is 7.85. The molecule has 2 N–H and O–H groups in total. The van der Waals surface area contributed by atoms with Gasteiger partial charge in [-0.25, -0.2) is 0 Å². The van der Waals surface area contributed by atoms with Gasteiger partial charge in [-0.1, -0.05) is 32.0 Å². The lowest BCUT2D eigenvalue weighted by atomic mass is 10.1. The largest absolute Gasteiger partial charge is 0.351 e. The lowest BCUT2D eigenvalue weighted by Crippen LogP contribution is -2.44. The van der Waals surface area contributed by atoms with Crippen molar-refractivity contribution < 1.29 is 14.4 Å². The van der Waals surface area contributed by atoms with E-state index in [0.717, 1.165) is 4.90 Å². The molecule has 1 aliphatic heterocycles. The zero-order valence-corrected chi connectivity index (χ0v) is 14.1. The maximum atomic E-state index is 12.2. The molecule has 2 unspecified atom stereocenters. The van der Waals surface area contributed by atoms with Crippen LogP contribution in [0.4, 0.5) is 5.69 Å². The highest BCUT2D eigenvalue weighted by molar-refractivity contribution is 6.35. The van der Waals surface area contributed by atoms with Gasteiger partial charge in [0.2, 0.25) is 5.91 Å². The number of hydrogen-bond acceptors (Lipinski definition) is 4. The first-order valence-corrected chi connectivity index (χ1v) is 7.85.